The van der Waals surface area contributed by atoms with Crippen LogP contribution in [0.15, 0.2) is 0 Å². The second-order valence-electron chi connectivity index (χ2n) is 7.06. The first-order valence-corrected chi connectivity index (χ1v) is 8.61. The fourth-order valence-corrected chi connectivity index (χ4v) is 3.43. The lowest BCUT2D eigenvalue weighted by atomic mass is 9.86. The third-order valence-electron chi connectivity index (χ3n) is 4.22. The maximum Gasteiger partial charge on any atom is 0.323 e. The van der Waals surface area contributed by atoms with Gasteiger partial charge >= 0.3 is 6.03 Å². The number of hydrogen-bond acceptors (Lipinski definition) is 5. The largest absolute Gasteiger partial charge is 0.396 e. The molecule has 0 atom stereocenters. The molecule has 1 fully saturated rings. The smallest absolute Gasteiger partial charge is 0.323 e. The molecule has 124 valence electrons. The zero-order valence-electron chi connectivity index (χ0n) is 13.8. The van der Waals surface area contributed by atoms with Gasteiger partial charge in [-0.2, -0.15) is 0 Å². The molecule has 7 heteroatoms. The van der Waals surface area contributed by atoms with E-state index in [1.54, 1.807) is 4.90 Å². The first-order chi connectivity index (χ1) is 10.3. The molecule has 2 rings (SSSR count). The zero-order chi connectivity index (χ0) is 16.3. The van der Waals surface area contributed by atoms with E-state index < -0.39 is 0 Å². The Bertz CT molecular complexity index is 504. The van der Waals surface area contributed by atoms with Gasteiger partial charge in [-0.1, -0.05) is 32.1 Å². The van der Waals surface area contributed by atoms with Crippen molar-refractivity contribution < 1.29 is 9.90 Å². The Morgan fingerprint density at radius 2 is 1.95 bits per heavy atom. The van der Waals surface area contributed by atoms with E-state index in [4.69, 9.17) is 0 Å². The predicted molar refractivity (Wildman–Crippen MR) is 88.2 cm³/mol. The average molecular weight is 326 g/mol. The number of anilines is 1. The molecular weight excluding hydrogens is 300 g/mol. The maximum atomic E-state index is 12.3. The van der Waals surface area contributed by atoms with Crippen molar-refractivity contribution in [2.45, 2.75) is 57.9 Å². The number of nitrogens with zero attached hydrogens (tertiary/aromatic N) is 3. The van der Waals surface area contributed by atoms with Gasteiger partial charge in [0.05, 0.1) is 0 Å². The van der Waals surface area contributed by atoms with Crippen LogP contribution in [0.5, 0.6) is 0 Å². The van der Waals surface area contributed by atoms with Crippen molar-refractivity contribution in [2.75, 3.05) is 19.0 Å². The molecule has 0 aromatic carbocycles. The molecule has 0 saturated heterocycles. The van der Waals surface area contributed by atoms with Gasteiger partial charge in [0.2, 0.25) is 5.13 Å². The lowest BCUT2D eigenvalue weighted by Gasteiger charge is -2.33. The summed E-state index contributed by atoms with van der Waals surface area (Å²) < 4.78 is 0. The summed E-state index contributed by atoms with van der Waals surface area (Å²) in [6.45, 7) is 6.48. The van der Waals surface area contributed by atoms with Crippen LogP contribution in [0.25, 0.3) is 0 Å². The van der Waals surface area contributed by atoms with Crippen molar-refractivity contribution in [1.29, 1.82) is 0 Å². The summed E-state index contributed by atoms with van der Waals surface area (Å²) in [5.41, 5.74) is -0.0603. The summed E-state index contributed by atoms with van der Waals surface area (Å²) >= 11 is 1.42. The number of nitrogens with one attached hydrogen (secondary N) is 1. The van der Waals surface area contributed by atoms with E-state index in [-0.39, 0.29) is 24.1 Å². The Morgan fingerprint density at radius 3 is 2.45 bits per heavy atom. The predicted octanol–water partition coefficient (Wildman–Crippen LogP) is 2.85. The van der Waals surface area contributed by atoms with Crippen molar-refractivity contribution >= 4 is 22.5 Å². The van der Waals surface area contributed by atoms with Crippen LogP contribution in [0.3, 0.4) is 0 Å². The second kappa shape index (κ2) is 6.91. The minimum Gasteiger partial charge on any atom is -0.396 e. The molecule has 0 radical (unpaired) electrons. The summed E-state index contributed by atoms with van der Waals surface area (Å²) in [4.78, 5) is 14.1. The van der Waals surface area contributed by atoms with E-state index >= 15 is 0 Å². The van der Waals surface area contributed by atoms with Crippen LogP contribution in [-0.2, 0) is 5.41 Å². The molecule has 1 aliphatic rings. The molecule has 2 N–H and O–H groups in total. The lowest BCUT2D eigenvalue weighted by Crippen LogP contribution is -2.42. The van der Waals surface area contributed by atoms with E-state index in [1.165, 1.54) is 11.3 Å². The number of aromatic nitrogens is 2. The van der Waals surface area contributed by atoms with Crippen LogP contribution in [0.2, 0.25) is 0 Å². The lowest BCUT2D eigenvalue weighted by molar-refractivity contribution is 0.139. The third kappa shape index (κ3) is 4.16. The van der Waals surface area contributed by atoms with Gasteiger partial charge in [0.15, 0.2) is 0 Å². The number of urea groups is 1. The van der Waals surface area contributed by atoms with Gasteiger partial charge in [0, 0.05) is 25.1 Å². The summed E-state index contributed by atoms with van der Waals surface area (Å²) in [5, 5.41) is 21.7. The fourth-order valence-electron chi connectivity index (χ4n) is 2.64. The van der Waals surface area contributed by atoms with Gasteiger partial charge in [-0.3, -0.25) is 5.32 Å². The van der Waals surface area contributed by atoms with E-state index in [2.05, 4.69) is 36.3 Å². The van der Waals surface area contributed by atoms with E-state index in [9.17, 15) is 9.90 Å². The van der Waals surface area contributed by atoms with Gasteiger partial charge in [0.1, 0.15) is 5.01 Å². The summed E-state index contributed by atoms with van der Waals surface area (Å²) in [7, 11) is 1.82. The number of hydrogen-bond donors (Lipinski definition) is 2. The number of carbonyl (C=O) groups excluding carboxylic acids is 1. The molecule has 1 aromatic heterocycles. The van der Waals surface area contributed by atoms with E-state index in [1.807, 2.05) is 7.05 Å². The van der Waals surface area contributed by atoms with Crippen LogP contribution in [0.1, 0.15) is 51.5 Å². The van der Waals surface area contributed by atoms with Gasteiger partial charge < -0.3 is 10.0 Å². The molecular formula is C15H26N4O2S. The molecule has 0 spiro atoms. The van der Waals surface area contributed by atoms with Gasteiger partial charge in [-0.05, 0) is 31.6 Å². The highest BCUT2D eigenvalue weighted by Gasteiger charge is 2.27. The molecule has 2 amide bonds. The van der Waals surface area contributed by atoms with Crippen molar-refractivity contribution in [3.63, 3.8) is 0 Å². The summed E-state index contributed by atoms with van der Waals surface area (Å²) in [5.74, 6) is 0.394. The Balaban J connectivity index is 1.90. The van der Waals surface area contributed by atoms with Crippen molar-refractivity contribution in [3.8, 4) is 0 Å². The molecule has 0 aliphatic heterocycles. The summed E-state index contributed by atoms with van der Waals surface area (Å²) in [6, 6.07) is 0.0989. The van der Waals surface area contributed by atoms with Crippen molar-refractivity contribution in [2.24, 2.45) is 5.92 Å². The first-order valence-electron chi connectivity index (χ1n) is 7.80. The van der Waals surface area contributed by atoms with Gasteiger partial charge in [-0.25, -0.2) is 4.79 Å². The highest BCUT2D eigenvalue weighted by atomic mass is 32.1. The molecule has 0 bridgehead atoms. The molecule has 22 heavy (non-hydrogen) atoms. The average Bonchev–Trinajstić information content (AvgIpc) is 2.95. The van der Waals surface area contributed by atoms with E-state index in [0.717, 1.165) is 30.7 Å². The van der Waals surface area contributed by atoms with Crippen molar-refractivity contribution in [3.05, 3.63) is 5.01 Å². The third-order valence-corrected chi connectivity index (χ3v) is 5.49. The highest BCUT2D eigenvalue weighted by molar-refractivity contribution is 7.15. The number of amides is 2. The van der Waals surface area contributed by atoms with Gasteiger partial charge in [0.25, 0.3) is 0 Å². The number of rotatable bonds is 3. The SMILES string of the molecule is CN(C(=O)Nc1nnc(C(C)(C)C)s1)C1CCC(CO)CC1. The monoisotopic (exact) mass is 326 g/mol. The molecule has 1 heterocycles. The van der Waals surface area contributed by atoms with Crippen molar-refractivity contribution in [1.82, 2.24) is 15.1 Å². The van der Waals surface area contributed by atoms with Gasteiger partial charge in [-0.15, -0.1) is 10.2 Å². The number of carbonyl (C=O) groups is 1. The normalized spacial score (nSPS) is 22.4. The zero-order valence-corrected chi connectivity index (χ0v) is 14.6. The number of aliphatic hydroxyl groups excluding tert-OH is 1. The minimum absolute atomic E-state index is 0.0603. The molecule has 1 saturated carbocycles. The van der Waals surface area contributed by atoms with Crippen LogP contribution in [0, 0.1) is 5.92 Å². The Hall–Kier alpha value is -1.21. The van der Waals surface area contributed by atoms with Crippen LogP contribution < -0.4 is 5.32 Å². The highest BCUT2D eigenvalue weighted by Crippen LogP contribution is 2.29. The minimum atomic E-state index is -0.135. The van der Waals surface area contributed by atoms with Crippen LogP contribution >= 0.6 is 11.3 Å². The molecule has 1 aromatic rings. The topological polar surface area (TPSA) is 78.4 Å². The molecule has 0 unspecified atom stereocenters. The number of aliphatic hydroxyl groups is 1. The maximum absolute atomic E-state index is 12.3. The standard InChI is InChI=1S/C15H26N4O2S/c1-15(2,3)12-17-18-13(22-12)16-14(21)19(4)11-7-5-10(9-20)6-8-11/h10-11,20H,5-9H2,1-4H3,(H,16,18,21). The van der Waals surface area contributed by atoms with Crippen LogP contribution in [0.4, 0.5) is 9.93 Å². The fraction of sp³-hybridized carbons (Fsp3) is 0.800. The van der Waals surface area contributed by atoms with E-state index in [0.29, 0.717) is 11.0 Å². The Kier molecular flexibility index (Phi) is 5.39. The first kappa shape index (κ1) is 17.1. The second-order valence-corrected chi connectivity index (χ2v) is 8.04. The quantitative estimate of drug-likeness (QED) is 0.895. The van der Waals surface area contributed by atoms with Crippen LogP contribution in [-0.4, -0.2) is 45.9 Å². The molecule has 6 nitrogen and oxygen atoms in total. The Labute approximate surface area is 135 Å². The Morgan fingerprint density at radius 1 is 1.32 bits per heavy atom. The summed E-state index contributed by atoms with van der Waals surface area (Å²) in [6.07, 6.45) is 3.84. The molecule has 1 aliphatic carbocycles.